The molecule has 9 aromatic carbocycles. The Bertz CT molecular complexity index is 3220. The van der Waals surface area contributed by atoms with E-state index in [-0.39, 0.29) is 0 Å². The van der Waals surface area contributed by atoms with Crippen molar-refractivity contribution in [2.45, 2.75) is 0 Å². The molecule has 256 valence electrons. The molecule has 0 N–H and O–H groups in total. The molecule has 0 saturated heterocycles. The summed E-state index contributed by atoms with van der Waals surface area (Å²) >= 11 is 0. The number of aromatic nitrogens is 2. The number of hydrogen-bond donors (Lipinski definition) is 0. The lowest BCUT2D eigenvalue weighted by Gasteiger charge is -2.12. The molecule has 0 fully saturated rings. The fourth-order valence-corrected chi connectivity index (χ4v) is 8.19. The normalized spacial score (nSPS) is 11.6. The summed E-state index contributed by atoms with van der Waals surface area (Å²) in [6, 6.07) is 66.6. The van der Waals surface area contributed by atoms with E-state index in [1.54, 1.807) is 0 Å². The third kappa shape index (κ3) is 5.28. The van der Waals surface area contributed by atoms with E-state index >= 15 is 0 Å². The van der Waals surface area contributed by atoms with Crippen LogP contribution in [0.25, 0.3) is 110 Å². The topological polar surface area (TPSA) is 38.9 Å². The predicted molar refractivity (Wildman–Crippen MR) is 229 cm³/mol. The van der Waals surface area contributed by atoms with Gasteiger partial charge in [0.25, 0.3) is 0 Å². The van der Waals surface area contributed by atoms with E-state index in [1.807, 2.05) is 6.20 Å². The molecule has 3 nitrogen and oxygen atoms in total. The molecule has 0 saturated carbocycles. The Morgan fingerprint density at radius 2 is 0.855 bits per heavy atom. The van der Waals surface area contributed by atoms with Crippen molar-refractivity contribution < 1.29 is 4.42 Å². The van der Waals surface area contributed by atoms with Crippen LogP contribution < -0.4 is 0 Å². The molecular weight excluding hydrogens is 669 g/mol. The summed E-state index contributed by atoms with van der Waals surface area (Å²) < 4.78 is 6.72. The number of rotatable bonds is 5. The van der Waals surface area contributed by atoms with Crippen LogP contribution in [0.1, 0.15) is 0 Å². The van der Waals surface area contributed by atoms with Crippen LogP contribution >= 0.6 is 0 Å². The highest BCUT2D eigenvalue weighted by Gasteiger charge is 2.17. The Morgan fingerprint density at radius 1 is 0.327 bits per heavy atom. The SMILES string of the molecule is c1ccc(-c2ccc3oc4c(-c5cccc(-c6cccc(-c7cnc8c9ccccc9c9ccccc9c8n7)c6)c5)cc(-c5ccccc5)cc4c3c2)cc1. The number of nitrogens with zero attached hydrogens (tertiary/aromatic N) is 2. The maximum absolute atomic E-state index is 6.72. The molecule has 0 aliphatic heterocycles. The maximum Gasteiger partial charge on any atom is 0.143 e. The van der Waals surface area contributed by atoms with Gasteiger partial charge in [0.2, 0.25) is 0 Å². The van der Waals surface area contributed by atoms with E-state index < -0.39 is 0 Å². The van der Waals surface area contributed by atoms with Crippen LogP contribution in [0, 0.1) is 0 Å². The average Bonchev–Trinajstić information content (AvgIpc) is 3.65. The van der Waals surface area contributed by atoms with E-state index in [0.717, 1.165) is 82.8 Å². The average molecular weight is 701 g/mol. The minimum atomic E-state index is 0.848. The van der Waals surface area contributed by atoms with Crippen LogP contribution in [0.4, 0.5) is 0 Å². The lowest BCUT2D eigenvalue weighted by molar-refractivity contribution is 0.670. The summed E-state index contributed by atoms with van der Waals surface area (Å²) in [6.07, 6.45) is 1.91. The minimum absolute atomic E-state index is 0.848. The third-order valence-electron chi connectivity index (χ3n) is 10.9. The summed E-state index contributed by atoms with van der Waals surface area (Å²) in [7, 11) is 0. The second-order valence-corrected chi connectivity index (χ2v) is 14.2. The van der Waals surface area contributed by atoms with Gasteiger partial charge < -0.3 is 4.42 Å². The first-order chi connectivity index (χ1) is 27.2. The van der Waals surface area contributed by atoms with Gasteiger partial charge in [0.05, 0.1) is 22.9 Å². The summed E-state index contributed by atoms with van der Waals surface area (Å²) in [5.74, 6) is 0. The summed E-state index contributed by atoms with van der Waals surface area (Å²) in [5.41, 5.74) is 14.5. The van der Waals surface area contributed by atoms with E-state index in [9.17, 15) is 0 Å². The molecule has 2 heterocycles. The molecular formula is C52H32N2O. The van der Waals surface area contributed by atoms with Gasteiger partial charge in [0.15, 0.2) is 0 Å². The van der Waals surface area contributed by atoms with E-state index in [0.29, 0.717) is 0 Å². The van der Waals surface area contributed by atoms with Crippen molar-refractivity contribution in [1.29, 1.82) is 0 Å². The Balaban J connectivity index is 1.04. The van der Waals surface area contributed by atoms with Gasteiger partial charge in [-0.3, -0.25) is 4.98 Å². The first-order valence-corrected chi connectivity index (χ1v) is 18.6. The predicted octanol–water partition coefficient (Wildman–Crippen LogP) is 14.2. The highest BCUT2D eigenvalue weighted by Crippen LogP contribution is 2.42. The monoisotopic (exact) mass is 700 g/mol. The number of furan rings is 1. The number of benzene rings is 9. The van der Waals surface area contributed by atoms with E-state index in [1.165, 1.54) is 27.5 Å². The van der Waals surface area contributed by atoms with Crippen molar-refractivity contribution in [1.82, 2.24) is 9.97 Å². The number of hydrogen-bond acceptors (Lipinski definition) is 3. The van der Waals surface area contributed by atoms with Crippen molar-refractivity contribution >= 4 is 54.5 Å². The standard InChI is InChI=1S/C52H32N2O/c1-3-13-33(14-4-1)37-25-26-49-46(29-37)47-31-40(34-15-5-2-6-16-34)30-45(52(47)55-49)38-19-11-17-35(27-38)36-18-12-20-39(28-36)48-32-53-50-43-23-9-7-21-41(43)42-22-8-10-24-44(42)51(50)54-48/h1-32H. The molecule has 11 aromatic rings. The highest BCUT2D eigenvalue weighted by molar-refractivity contribution is 6.23. The number of fused-ring (bicyclic) bond motifs is 9. The Morgan fingerprint density at radius 3 is 1.56 bits per heavy atom. The zero-order valence-electron chi connectivity index (χ0n) is 29.8. The van der Waals surface area contributed by atoms with Crippen molar-refractivity contribution in [3.05, 3.63) is 194 Å². The molecule has 0 amide bonds. The largest absolute Gasteiger partial charge is 0.455 e. The van der Waals surface area contributed by atoms with Crippen molar-refractivity contribution in [3.63, 3.8) is 0 Å². The molecule has 2 aromatic heterocycles. The molecule has 3 heteroatoms. The first-order valence-electron chi connectivity index (χ1n) is 18.6. The smallest absolute Gasteiger partial charge is 0.143 e. The molecule has 55 heavy (non-hydrogen) atoms. The van der Waals surface area contributed by atoms with Crippen molar-refractivity contribution in [2.24, 2.45) is 0 Å². The Kier molecular flexibility index (Phi) is 7.17. The third-order valence-corrected chi connectivity index (χ3v) is 10.9. The zero-order valence-corrected chi connectivity index (χ0v) is 29.8. The molecule has 0 spiro atoms. The summed E-state index contributed by atoms with van der Waals surface area (Å²) in [6.45, 7) is 0. The quantitative estimate of drug-likeness (QED) is 0.168. The second-order valence-electron chi connectivity index (χ2n) is 14.2. The maximum atomic E-state index is 6.72. The zero-order chi connectivity index (χ0) is 36.3. The van der Waals surface area contributed by atoms with Gasteiger partial charge in [0, 0.05) is 32.7 Å². The Hall–Kier alpha value is -7.36. The van der Waals surface area contributed by atoms with Crippen molar-refractivity contribution in [3.8, 4) is 55.8 Å². The summed E-state index contributed by atoms with van der Waals surface area (Å²) in [5, 5.41) is 6.82. The Labute approximate surface area is 317 Å². The molecule has 0 aliphatic carbocycles. The molecule has 11 rings (SSSR count). The molecule has 0 aliphatic rings. The van der Waals surface area contributed by atoms with E-state index in [2.05, 4.69) is 188 Å². The van der Waals surface area contributed by atoms with Crippen LogP contribution in [0.15, 0.2) is 199 Å². The van der Waals surface area contributed by atoms with Crippen LogP contribution in [-0.2, 0) is 0 Å². The fraction of sp³-hybridized carbons (Fsp3) is 0. The lowest BCUT2D eigenvalue weighted by atomic mass is 9.93. The minimum Gasteiger partial charge on any atom is -0.455 e. The summed E-state index contributed by atoms with van der Waals surface area (Å²) in [4.78, 5) is 10.3. The van der Waals surface area contributed by atoms with Gasteiger partial charge in [-0.2, -0.15) is 0 Å². The van der Waals surface area contributed by atoms with Crippen LogP contribution in [0.3, 0.4) is 0 Å². The van der Waals surface area contributed by atoms with Gasteiger partial charge in [-0.15, -0.1) is 0 Å². The molecule has 0 atom stereocenters. The van der Waals surface area contributed by atoms with Crippen LogP contribution in [0.2, 0.25) is 0 Å². The van der Waals surface area contributed by atoms with Gasteiger partial charge >= 0.3 is 0 Å². The van der Waals surface area contributed by atoms with Gasteiger partial charge in [-0.1, -0.05) is 152 Å². The lowest BCUT2D eigenvalue weighted by Crippen LogP contribution is -1.92. The van der Waals surface area contributed by atoms with Gasteiger partial charge in [0.1, 0.15) is 11.2 Å². The molecule has 0 unspecified atom stereocenters. The van der Waals surface area contributed by atoms with Gasteiger partial charge in [-0.25, -0.2) is 4.98 Å². The van der Waals surface area contributed by atoms with Gasteiger partial charge in [-0.05, 0) is 86.1 Å². The second kappa shape index (κ2) is 12.6. The van der Waals surface area contributed by atoms with Crippen LogP contribution in [-0.4, -0.2) is 9.97 Å². The highest BCUT2D eigenvalue weighted by atomic mass is 16.3. The van der Waals surface area contributed by atoms with Crippen molar-refractivity contribution in [2.75, 3.05) is 0 Å². The fourth-order valence-electron chi connectivity index (χ4n) is 8.19. The first kappa shape index (κ1) is 31.2. The molecule has 0 bridgehead atoms. The van der Waals surface area contributed by atoms with E-state index in [4.69, 9.17) is 14.4 Å². The molecule has 0 radical (unpaired) electrons. The van der Waals surface area contributed by atoms with Crippen LogP contribution in [0.5, 0.6) is 0 Å².